The van der Waals surface area contributed by atoms with Crippen molar-refractivity contribution in [3.63, 3.8) is 0 Å². The molecule has 0 N–H and O–H groups in total. The van der Waals surface area contributed by atoms with Crippen LogP contribution in [-0.2, 0) is 13.1 Å². The number of methoxy groups -OCH3 is 2. The topological polar surface area (TPSA) is 34.6 Å². The summed E-state index contributed by atoms with van der Waals surface area (Å²) in [6.07, 6.45) is 0. The zero-order chi connectivity index (χ0) is 18.4. The summed E-state index contributed by atoms with van der Waals surface area (Å²) in [5.41, 5.74) is 3.36. The number of hydrogen-bond donors (Lipinski definition) is 0. The molecule has 136 valence electrons. The number of benzene rings is 2. The Kier molecular flexibility index (Phi) is 6.26. The molecule has 0 aliphatic heterocycles. The summed E-state index contributed by atoms with van der Waals surface area (Å²) in [5, 5.41) is 3.08. The van der Waals surface area contributed by atoms with Crippen molar-refractivity contribution in [3.05, 3.63) is 65.2 Å². The Morgan fingerprint density at radius 2 is 1.77 bits per heavy atom. The molecule has 1 aromatic heterocycles. The van der Waals surface area contributed by atoms with Crippen molar-refractivity contribution in [3.8, 4) is 22.1 Å². The van der Waals surface area contributed by atoms with E-state index in [9.17, 15) is 0 Å². The molecule has 3 rings (SSSR count). The number of para-hydroxylation sites is 1. The van der Waals surface area contributed by atoms with Crippen molar-refractivity contribution in [2.24, 2.45) is 0 Å². The van der Waals surface area contributed by atoms with Gasteiger partial charge in [-0.05, 0) is 24.2 Å². The Balaban J connectivity index is 1.77. The Hall–Kier alpha value is -2.37. The summed E-state index contributed by atoms with van der Waals surface area (Å²) in [7, 11) is 3.31. The van der Waals surface area contributed by atoms with Crippen molar-refractivity contribution in [2.45, 2.75) is 20.0 Å². The van der Waals surface area contributed by atoms with Crippen LogP contribution in [0.5, 0.6) is 11.5 Å². The van der Waals surface area contributed by atoms with Gasteiger partial charge in [-0.3, -0.25) is 4.90 Å². The normalized spacial score (nSPS) is 10.9. The maximum Gasteiger partial charge on any atom is 0.170 e. The monoisotopic (exact) mass is 368 g/mol. The fourth-order valence-electron chi connectivity index (χ4n) is 2.91. The number of rotatable bonds is 8. The smallest absolute Gasteiger partial charge is 0.170 e. The number of nitrogens with zero attached hydrogens (tertiary/aromatic N) is 2. The molecule has 4 nitrogen and oxygen atoms in total. The van der Waals surface area contributed by atoms with Crippen molar-refractivity contribution in [2.75, 3.05) is 20.8 Å². The third-order valence-electron chi connectivity index (χ3n) is 4.27. The molecule has 26 heavy (non-hydrogen) atoms. The average Bonchev–Trinajstić information content (AvgIpc) is 3.15. The van der Waals surface area contributed by atoms with Crippen LogP contribution >= 0.6 is 11.3 Å². The molecule has 0 saturated heterocycles. The van der Waals surface area contributed by atoms with Crippen LogP contribution in [0.15, 0.2) is 53.9 Å². The van der Waals surface area contributed by atoms with Gasteiger partial charge in [0.15, 0.2) is 11.5 Å². The van der Waals surface area contributed by atoms with E-state index in [4.69, 9.17) is 14.5 Å². The van der Waals surface area contributed by atoms with E-state index in [0.717, 1.165) is 47.4 Å². The van der Waals surface area contributed by atoms with Gasteiger partial charge in [-0.2, -0.15) is 0 Å². The minimum atomic E-state index is 0.723. The van der Waals surface area contributed by atoms with Crippen LogP contribution in [0.3, 0.4) is 0 Å². The highest BCUT2D eigenvalue weighted by Gasteiger charge is 2.15. The fraction of sp³-hybridized carbons (Fsp3) is 0.286. The predicted molar refractivity (Wildman–Crippen MR) is 107 cm³/mol. The zero-order valence-corrected chi connectivity index (χ0v) is 16.3. The van der Waals surface area contributed by atoms with Crippen LogP contribution in [0.1, 0.15) is 18.2 Å². The van der Waals surface area contributed by atoms with Crippen molar-refractivity contribution < 1.29 is 9.47 Å². The maximum atomic E-state index is 5.54. The Labute approximate surface area is 159 Å². The average molecular weight is 369 g/mol. The summed E-state index contributed by atoms with van der Waals surface area (Å²) < 4.78 is 10.9. The largest absolute Gasteiger partial charge is 0.493 e. The second-order valence-corrected chi connectivity index (χ2v) is 6.83. The number of ether oxygens (including phenoxy) is 2. The summed E-state index contributed by atoms with van der Waals surface area (Å²) in [4.78, 5) is 7.22. The van der Waals surface area contributed by atoms with E-state index in [0.29, 0.717) is 0 Å². The highest BCUT2D eigenvalue weighted by molar-refractivity contribution is 7.13. The van der Waals surface area contributed by atoms with Crippen LogP contribution in [0.2, 0.25) is 0 Å². The molecule has 0 saturated carbocycles. The molecule has 0 aliphatic rings. The van der Waals surface area contributed by atoms with Gasteiger partial charge in [-0.25, -0.2) is 4.98 Å². The summed E-state index contributed by atoms with van der Waals surface area (Å²) in [5.74, 6) is 1.45. The van der Waals surface area contributed by atoms with Gasteiger partial charge in [-0.15, -0.1) is 11.3 Å². The van der Waals surface area contributed by atoms with E-state index in [1.807, 2.05) is 24.3 Å². The van der Waals surface area contributed by atoms with Crippen LogP contribution in [0.25, 0.3) is 10.6 Å². The lowest BCUT2D eigenvalue weighted by molar-refractivity contribution is 0.269. The van der Waals surface area contributed by atoms with Crippen LogP contribution < -0.4 is 9.47 Å². The first-order chi connectivity index (χ1) is 12.7. The molecular formula is C21H24N2O2S. The van der Waals surface area contributed by atoms with Crippen LogP contribution in [0, 0.1) is 0 Å². The second-order valence-electron chi connectivity index (χ2n) is 5.97. The molecule has 3 aromatic rings. The van der Waals surface area contributed by atoms with Gasteiger partial charge in [0, 0.05) is 18.5 Å². The quantitative estimate of drug-likeness (QED) is 0.569. The lowest BCUT2D eigenvalue weighted by Gasteiger charge is -2.19. The summed E-state index contributed by atoms with van der Waals surface area (Å²) in [6.45, 7) is 4.91. The molecule has 1 heterocycles. The zero-order valence-electron chi connectivity index (χ0n) is 15.4. The van der Waals surface area contributed by atoms with Crippen molar-refractivity contribution >= 4 is 11.3 Å². The van der Waals surface area contributed by atoms with Crippen LogP contribution in [0.4, 0.5) is 0 Å². The highest BCUT2D eigenvalue weighted by Crippen LogP contribution is 2.39. The van der Waals surface area contributed by atoms with E-state index in [1.165, 1.54) is 5.56 Å². The van der Waals surface area contributed by atoms with Crippen LogP contribution in [-0.4, -0.2) is 30.6 Å². The van der Waals surface area contributed by atoms with Gasteiger partial charge in [0.25, 0.3) is 0 Å². The van der Waals surface area contributed by atoms with Crippen molar-refractivity contribution in [1.82, 2.24) is 9.88 Å². The maximum absolute atomic E-state index is 5.54. The SMILES string of the molecule is CCN(Cc1ccccc1)Cc1csc(-c2cccc(OC)c2OC)n1. The molecule has 0 fully saturated rings. The van der Waals surface area contributed by atoms with E-state index in [1.54, 1.807) is 25.6 Å². The first kappa shape index (κ1) is 18.4. The van der Waals surface area contributed by atoms with Gasteiger partial charge in [0.1, 0.15) is 5.01 Å². The van der Waals surface area contributed by atoms with E-state index in [-0.39, 0.29) is 0 Å². The third-order valence-corrected chi connectivity index (χ3v) is 5.19. The fourth-order valence-corrected chi connectivity index (χ4v) is 3.74. The number of hydrogen-bond acceptors (Lipinski definition) is 5. The predicted octanol–water partition coefficient (Wildman–Crippen LogP) is 4.85. The minimum Gasteiger partial charge on any atom is -0.493 e. The Morgan fingerprint density at radius 1 is 0.962 bits per heavy atom. The number of thiazole rings is 1. The van der Waals surface area contributed by atoms with Gasteiger partial charge >= 0.3 is 0 Å². The highest BCUT2D eigenvalue weighted by atomic mass is 32.1. The lowest BCUT2D eigenvalue weighted by Crippen LogP contribution is -2.22. The molecule has 0 unspecified atom stereocenters. The molecule has 2 aromatic carbocycles. The molecule has 5 heteroatoms. The van der Waals surface area contributed by atoms with E-state index < -0.39 is 0 Å². The molecular weight excluding hydrogens is 344 g/mol. The summed E-state index contributed by atoms with van der Waals surface area (Å²) in [6, 6.07) is 16.4. The van der Waals surface area contributed by atoms with E-state index >= 15 is 0 Å². The second kappa shape index (κ2) is 8.83. The third kappa shape index (κ3) is 4.23. The van der Waals surface area contributed by atoms with Crippen molar-refractivity contribution in [1.29, 1.82) is 0 Å². The molecule has 0 radical (unpaired) electrons. The molecule has 0 atom stereocenters. The Bertz CT molecular complexity index is 833. The molecule has 0 bridgehead atoms. The lowest BCUT2D eigenvalue weighted by atomic mass is 10.2. The standard InChI is InChI=1S/C21H24N2O2S/c1-4-23(13-16-9-6-5-7-10-16)14-17-15-26-21(22-17)18-11-8-12-19(24-2)20(18)25-3/h5-12,15H,4,13-14H2,1-3H3. The van der Waals surface area contributed by atoms with Gasteiger partial charge in [0.05, 0.1) is 25.5 Å². The molecule has 0 aliphatic carbocycles. The van der Waals surface area contributed by atoms with Gasteiger partial charge in [0.2, 0.25) is 0 Å². The molecule has 0 amide bonds. The summed E-state index contributed by atoms with van der Waals surface area (Å²) >= 11 is 1.64. The van der Waals surface area contributed by atoms with Gasteiger partial charge < -0.3 is 9.47 Å². The van der Waals surface area contributed by atoms with Gasteiger partial charge in [-0.1, -0.05) is 43.3 Å². The number of aromatic nitrogens is 1. The first-order valence-electron chi connectivity index (χ1n) is 8.67. The Morgan fingerprint density at radius 3 is 2.46 bits per heavy atom. The van der Waals surface area contributed by atoms with E-state index in [2.05, 4.69) is 41.5 Å². The minimum absolute atomic E-state index is 0.723. The molecule has 0 spiro atoms. The first-order valence-corrected chi connectivity index (χ1v) is 9.55.